The van der Waals surface area contributed by atoms with Gasteiger partial charge in [-0.05, 0) is 24.3 Å². The number of nitrogens with two attached hydrogens (primary N) is 1. The summed E-state index contributed by atoms with van der Waals surface area (Å²) in [5.74, 6) is -0.351. The molecule has 0 saturated carbocycles. The normalized spacial score (nSPS) is 11.1. The largest absolute Gasteiger partial charge is 0.440 e. The Kier molecular flexibility index (Phi) is 3.31. The number of oxazole rings is 1. The molecule has 0 bridgehead atoms. The van der Waals surface area contributed by atoms with Crippen LogP contribution < -0.4 is 5.73 Å². The summed E-state index contributed by atoms with van der Waals surface area (Å²) >= 11 is 1.20. The summed E-state index contributed by atoms with van der Waals surface area (Å²) in [5.41, 5.74) is 7.55. The number of rotatable bonds is 3. The van der Waals surface area contributed by atoms with Crippen LogP contribution in [0.3, 0.4) is 0 Å². The van der Waals surface area contributed by atoms with Crippen LogP contribution in [0, 0.1) is 11.6 Å². The Hall–Kier alpha value is -2.08. The van der Waals surface area contributed by atoms with Gasteiger partial charge in [0.05, 0.1) is 5.75 Å². The number of hydrogen-bond donors (Lipinski definition) is 1. The predicted octanol–water partition coefficient (Wildman–Crippen LogP) is 3.98. The smallest absolute Gasteiger partial charge is 0.205 e. The van der Waals surface area contributed by atoms with E-state index in [9.17, 15) is 8.78 Å². The number of fused-ring (bicyclic) bond motifs is 1. The predicted molar refractivity (Wildman–Crippen MR) is 74.3 cm³/mol. The van der Waals surface area contributed by atoms with Crippen LogP contribution in [0.25, 0.3) is 11.1 Å². The van der Waals surface area contributed by atoms with Crippen molar-refractivity contribution in [1.82, 2.24) is 4.98 Å². The molecule has 1 heterocycles. The van der Waals surface area contributed by atoms with Crippen LogP contribution in [0.5, 0.6) is 0 Å². The van der Waals surface area contributed by atoms with Crippen molar-refractivity contribution in [3.05, 3.63) is 53.9 Å². The Balaban J connectivity index is 1.79. The lowest BCUT2D eigenvalue weighted by Crippen LogP contribution is -1.85. The SMILES string of the molecule is Nc1ccc2nc(CSc3ccc(F)cc3F)oc2c1. The van der Waals surface area contributed by atoms with Crippen molar-refractivity contribution < 1.29 is 13.2 Å². The molecule has 6 heteroatoms. The molecule has 3 aromatic rings. The van der Waals surface area contributed by atoms with E-state index in [0.717, 1.165) is 6.07 Å². The second-order valence-corrected chi connectivity index (χ2v) is 5.22. The van der Waals surface area contributed by atoms with Gasteiger partial charge in [0.2, 0.25) is 5.89 Å². The molecule has 1 aromatic heterocycles. The summed E-state index contributed by atoms with van der Waals surface area (Å²) < 4.78 is 31.8. The van der Waals surface area contributed by atoms with Crippen LogP contribution in [-0.4, -0.2) is 4.98 Å². The summed E-state index contributed by atoms with van der Waals surface area (Å²) in [4.78, 5) is 4.63. The van der Waals surface area contributed by atoms with Crippen molar-refractivity contribution in [2.24, 2.45) is 0 Å². The Bertz CT molecular complexity index is 773. The van der Waals surface area contributed by atoms with E-state index in [0.29, 0.717) is 33.3 Å². The van der Waals surface area contributed by atoms with Gasteiger partial charge in [0.25, 0.3) is 0 Å². The van der Waals surface area contributed by atoms with Crippen molar-refractivity contribution >= 4 is 28.5 Å². The summed E-state index contributed by atoms with van der Waals surface area (Å²) in [6.45, 7) is 0. The maximum atomic E-state index is 13.5. The van der Waals surface area contributed by atoms with E-state index in [1.54, 1.807) is 18.2 Å². The van der Waals surface area contributed by atoms with E-state index in [2.05, 4.69) is 4.98 Å². The van der Waals surface area contributed by atoms with Crippen LogP contribution in [0.4, 0.5) is 14.5 Å². The number of anilines is 1. The Morgan fingerprint density at radius 2 is 2.00 bits per heavy atom. The maximum Gasteiger partial charge on any atom is 0.205 e. The first-order chi connectivity index (χ1) is 9.61. The van der Waals surface area contributed by atoms with Crippen LogP contribution in [-0.2, 0) is 5.75 Å². The lowest BCUT2D eigenvalue weighted by molar-refractivity contribution is 0.554. The third-order valence-corrected chi connectivity index (χ3v) is 3.74. The molecule has 0 amide bonds. The van der Waals surface area contributed by atoms with Crippen LogP contribution in [0.15, 0.2) is 45.7 Å². The average molecular weight is 292 g/mol. The molecule has 102 valence electrons. The topological polar surface area (TPSA) is 52.0 Å². The Morgan fingerprint density at radius 1 is 1.15 bits per heavy atom. The minimum absolute atomic E-state index is 0.355. The number of thioether (sulfide) groups is 1. The van der Waals surface area contributed by atoms with Crippen molar-refractivity contribution in [2.45, 2.75) is 10.6 Å². The molecule has 0 radical (unpaired) electrons. The number of hydrogen-bond acceptors (Lipinski definition) is 4. The molecule has 3 nitrogen and oxygen atoms in total. The maximum absolute atomic E-state index is 13.5. The van der Waals surface area contributed by atoms with E-state index in [1.807, 2.05) is 0 Å². The van der Waals surface area contributed by atoms with E-state index in [1.165, 1.54) is 23.9 Å². The zero-order valence-corrected chi connectivity index (χ0v) is 11.1. The molecule has 0 atom stereocenters. The molecule has 0 spiro atoms. The summed E-state index contributed by atoms with van der Waals surface area (Å²) in [7, 11) is 0. The molecule has 0 unspecified atom stereocenters. The monoisotopic (exact) mass is 292 g/mol. The van der Waals surface area contributed by atoms with Crippen molar-refractivity contribution in [2.75, 3.05) is 5.73 Å². The summed E-state index contributed by atoms with van der Waals surface area (Å²) in [6.07, 6.45) is 0. The fourth-order valence-electron chi connectivity index (χ4n) is 1.78. The van der Waals surface area contributed by atoms with Crippen LogP contribution in [0.1, 0.15) is 5.89 Å². The second kappa shape index (κ2) is 5.13. The zero-order valence-electron chi connectivity index (χ0n) is 10.3. The molecule has 0 aliphatic carbocycles. The number of benzene rings is 2. The number of nitrogen functional groups attached to an aromatic ring is 1. The molecular formula is C14H10F2N2OS. The van der Waals surface area contributed by atoms with Gasteiger partial charge in [-0.1, -0.05) is 0 Å². The minimum Gasteiger partial charge on any atom is -0.440 e. The highest BCUT2D eigenvalue weighted by Gasteiger charge is 2.09. The fraction of sp³-hybridized carbons (Fsp3) is 0.0714. The lowest BCUT2D eigenvalue weighted by atomic mass is 10.3. The van der Waals surface area contributed by atoms with Gasteiger partial charge in [-0.2, -0.15) is 0 Å². The van der Waals surface area contributed by atoms with Gasteiger partial charge in [-0.15, -0.1) is 11.8 Å². The van der Waals surface area contributed by atoms with E-state index in [4.69, 9.17) is 10.2 Å². The van der Waals surface area contributed by atoms with Gasteiger partial charge in [-0.3, -0.25) is 0 Å². The van der Waals surface area contributed by atoms with E-state index < -0.39 is 11.6 Å². The molecule has 2 aromatic carbocycles. The first kappa shape index (κ1) is 12.9. The van der Waals surface area contributed by atoms with Gasteiger partial charge in [0, 0.05) is 22.7 Å². The molecule has 0 fully saturated rings. The molecule has 20 heavy (non-hydrogen) atoms. The Morgan fingerprint density at radius 3 is 2.80 bits per heavy atom. The zero-order chi connectivity index (χ0) is 14.1. The van der Waals surface area contributed by atoms with Gasteiger partial charge in [0.15, 0.2) is 5.58 Å². The van der Waals surface area contributed by atoms with Gasteiger partial charge in [-0.25, -0.2) is 13.8 Å². The van der Waals surface area contributed by atoms with Crippen LogP contribution >= 0.6 is 11.8 Å². The fourth-order valence-corrected chi connectivity index (χ4v) is 2.55. The van der Waals surface area contributed by atoms with Gasteiger partial charge < -0.3 is 10.2 Å². The minimum atomic E-state index is -0.593. The molecule has 0 saturated heterocycles. The first-order valence-corrected chi connectivity index (χ1v) is 6.83. The van der Waals surface area contributed by atoms with E-state index >= 15 is 0 Å². The third kappa shape index (κ3) is 2.60. The van der Waals surface area contributed by atoms with Gasteiger partial charge in [0.1, 0.15) is 17.2 Å². The first-order valence-electron chi connectivity index (χ1n) is 5.84. The second-order valence-electron chi connectivity index (χ2n) is 4.20. The average Bonchev–Trinajstić information content (AvgIpc) is 2.79. The quantitative estimate of drug-likeness (QED) is 0.586. The molecular weight excluding hydrogens is 282 g/mol. The van der Waals surface area contributed by atoms with Crippen molar-refractivity contribution in [3.8, 4) is 0 Å². The molecule has 0 aliphatic rings. The number of aromatic nitrogens is 1. The molecule has 3 rings (SSSR count). The lowest BCUT2D eigenvalue weighted by Gasteiger charge is -2.00. The highest BCUT2D eigenvalue weighted by Crippen LogP contribution is 2.27. The summed E-state index contributed by atoms with van der Waals surface area (Å²) in [6, 6.07) is 8.67. The summed E-state index contributed by atoms with van der Waals surface area (Å²) in [5, 5.41) is 0. The highest BCUT2D eigenvalue weighted by molar-refractivity contribution is 7.98. The highest BCUT2D eigenvalue weighted by atomic mass is 32.2. The number of nitrogens with zero attached hydrogens (tertiary/aromatic N) is 1. The van der Waals surface area contributed by atoms with Crippen molar-refractivity contribution in [1.29, 1.82) is 0 Å². The standard InChI is InChI=1S/C14H10F2N2OS/c15-8-1-4-13(10(16)5-8)20-7-14-18-11-3-2-9(17)6-12(11)19-14/h1-6H,7,17H2. The third-order valence-electron chi connectivity index (χ3n) is 2.70. The van der Waals surface area contributed by atoms with Crippen molar-refractivity contribution in [3.63, 3.8) is 0 Å². The van der Waals surface area contributed by atoms with E-state index in [-0.39, 0.29) is 0 Å². The molecule has 0 aliphatic heterocycles. The Labute approximate surface area is 117 Å². The van der Waals surface area contributed by atoms with Gasteiger partial charge >= 0.3 is 0 Å². The molecule has 2 N–H and O–H groups in total. The number of halogens is 2. The van der Waals surface area contributed by atoms with Crippen LogP contribution in [0.2, 0.25) is 0 Å².